The highest BCUT2D eigenvalue weighted by molar-refractivity contribution is 6.30. The minimum atomic E-state index is -0.383. The zero-order chi connectivity index (χ0) is 12.8. The molecule has 5 heteroatoms. The third-order valence-corrected chi connectivity index (χ3v) is 2.86. The van der Waals surface area contributed by atoms with Crippen molar-refractivity contribution in [2.75, 3.05) is 19.0 Å². The van der Waals surface area contributed by atoms with Gasteiger partial charge in [-0.05, 0) is 18.9 Å². The molecular formula is C12H16ClNO3. The summed E-state index contributed by atoms with van der Waals surface area (Å²) in [6.45, 7) is 5.93. The van der Waals surface area contributed by atoms with E-state index >= 15 is 0 Å². The van der Waals surface area contributed by atoms with Gasteiger partial charge in [-0.15, -0.1) is 11.6 Å². The van der Waals surface area contributed by atoms with Gasteiger partial charge in [0.25, 0.3) is 0 Å². The molecule has 1 atom stereocenters. The minimum absolute atomic E-state index is 0.0144. The zero-order valence-electron chi connectivity index (χ0n) is 9.82. The Kier molecular flexibility index (Phi) is 5.22. The van der Waals surface area contributed by atoms with Crippen molar-refractivity contribution >= 4 is 23.5 Å². The molecule has 1 heterocycles. The average molecular weight is 258 g/mol. The monoisotopic (exact) mass is 257 g/mol. The molecule has 1 aliphatic heterocycles. The van der Waals surface area contributed by atoms with Crippen LogP contribution in [-0.2, 0) is 9.53 Å². The number of nitrogens with zero attached hydrogens (tertiary/aromatic N) is 1. The van der Waals surface area contributed by atoms with Crippen molar-refractivity contribution in [1.29, 1.82) is 0 Å². The third kappa shape index (κ3) is 3.60. The number of ether oxygens (including phenoxy) is 1. The fourth-order valence-corrected chi connectivity index (χ4v) is 1.85. The number of ketones is 1. The highest BCUT2D eigenvalue weighted by Gasteiger charge is 2.26. The van der Waals surface area contributed by atoms with E-state index in [1.165, 1.54) is 6.08 Å². The first-order valence-electron chi connectivity index (χ1n) is 5.42. The number of halogens is 1. The van der Waals surface area contributed by atoms with Gasteiger partial charge in [0, 0.05) is 12.6 Å². The van der Waals surface area contributed by atoms with E-state index in [0.29, 0.717) is 18.5 Å². The van der Waals surface area contributed by atoms with Gasteiger partial charge in [0.05, 0.1) is 5.88 Å². The number of hydrogen-bond acceptors (Lipinski definition) is 3. The molecule has 0 saturated heterocycles. The van der Waals surface area contributed by atoms with Crippen LogP contribution in [0.25, 0.3) is 0 Å². The lowest BCUT2D eigenvalue weighted by atomic mass is 9.99. The Labute approximate surface area is 106 Å². The van der Waals surface area contributed by atoms with Crippen LogP contribution < -0.4 is 0 Å². The number of rotatable bonds is 4. The van der Waals surface area contributed by atoms with Crippen LogP contribution in [0.1, 0.15) is 13.3 Å². The maximum absolute atomic E-state index is 11.6. The second-order valence-corrected chi connectivity index (χ2v) is 4.12. The number of Topliss-reactive ketones (excluding diaryl/α,β-unsaturated/α-hetero) is 1. The molecule has 1 amide bonds. The van der Waals surface area contributed by atoms with Gasteiger partial charge in [-0.2, -0.15) is 0 Å². The van der Waals surface area contributed by atoms with Gasteiger partial charge in [-0.3, -0.25) is 4.79 Å². The van der Waals surface area contributed by atoms with E-state index in [-0.39, 0.29) is 30.4 Å². The lowest BCUT2D eigenvalue weighted by Crippen LogP contribution is -2.42. The fraction of sp³-hybridized carbons (Fsp3) is 0.500. The van der Waals surface area contributed by atoms with Crippen molar-refractivity contribution in [3.63, 3.8) is 0 Å². The SMILES string of the molecule is C=CCOC(=O)N1CC=C(C(=O)CCl)C[C@H]1C. The van der Waals surface area contributed by atoms with Crippen LogP contribution in [-0.4, -0.2) is 41.8 Å². The first-order chi connectivity index (χ1) is 8.10. The molecule has 0 bridgehead atoms. The molecule has 0 N–H and O–H groups in total. The molecule has 0 saturated carbocycles. The van der Waals surface area contributed by atoms with Crippen molar-refractivity contribution in [3.05, 3.63) is 24.3 Å². The summed E-state index contributed by atoms with van der Waals surface area (Å²) in [4.78, 5) is 24.6. The van der Waals surface area contributed by atoms with E-state index in [1.807, 2.05) is 6.92 Å². The van der Waals surface area contributed by atoms with Crippen molar-refractivity contribution in [1.82, 2.24) is 4.90 Å². The summed E-state index contributed by atoms with van der Waals surface area (Å²) in [6.07, 6.45) is 3.39. The van der Waals surface area contributed by atoms with Crippen LogP contribution in [0, 0.1) is 0 Å². The molecule has 0 aromatic carbocycles. The molecule has 1 aliphatic rings. The molecule has 94 valence electrons. The van der Waals surface area contributed by atoms with Crippen LogP contribution in [0.3, 0.4) is 0 Å². The third-order valence-electron chi connectivity index (χ3n) is 2.62. The number of alkyl halides is 1. The average Bonchev–Trinajstić information content (AvgIpc) is 2.34. The van der Waals surface area contributed by atoms with Gasteiger partial charge in [0.15, 0.2) is 5.78 Å². The number of hydrogen-bond donors (Lipinski definition) is 0. The Balaban J connectivity index is 2.62. The van der Waals surface area contributed by atoms with Crippen LogP contribution in [0.15, 0.2) is 24.3 Å². The van der Waals surface area contributed by atoms with Gasteiger partial charge < -0.3 is 9.64 Å². The molecule has 0 aromatic rings. The summed E-state index contributed by atoms with van der Waals surface area (Å²) in [5.41, 5.74) is 0.695. The molecular weight excluding hydrogens is 242 g/mol. The number of carbonyl (C=O) groups excluding carboxylic acids is 2. The summed E-state index contributed by atoms with van der Waals surface area (Å²) in [5, 5.41) is 0. The Morgan fingerprint density at radius 1 is 1.71 bits per heavy atom. The van der Waals surface area contributed by atoms with Crippen LogP contribution >= 0.6 is 11.6 Å². The van der Waals surface area contributed by atoms with Crippen molar-refractivity contribution in [3.8, 4) is 0 Å². The first kappa shape index (κ1) is 13.8. The van der Waals surface area contributed by atoms with Crippen LogP contribution in [0.5, 0.6) is 0 Å². The lowest BCUT2D eigenvalue weighted by molar-refractivity contribution is -0.113. The molecule has 0 aliphatic carbocycles. The second-order valence-electron chi connectivity index (χ2n) is 3.86. The lowest BCUT2D eigenvalue weighted by Gasteiger charge is -2.31. The van der Waals surface area contributed by atoms with Gasteiger partial charge in [-0.25, -0.2) is 4.79 Å². The number of carbonyl (C=O) groups is 2. The summed E-state index contributed by atoms with van der Waals surface area (Å²) in [5.74, 6) is -0.0861. The van der Waals surface area contributed by atoms with Gasteiger partial charge in [0.2, 0.25) is 0 Å². The fourth-order valence-electron chi connectivity index (χ4n) is 1.68. The van der Waals surface area contributed by atoms with E-state index in [0.717, 1.165) is 0 Å². The van der Waals surface area contributed by atoms with E-state index in [1.54, 1.807) is 11.0 Å². The molecule has 0 spiro atoms. The topological polar surface area (TPSA) is 46.6 Å². The highest BCUT2D eigenvalue weighted by Crippen LogP contribution is 2.19. The summed E-state index contributed by atoms with van der Waals surface area (Å²) < 4.78 is 4.95. The van der Waals surface area contributed by atoms with Gasteiger partial charge in [-0.1, -0.05) is 18.7 Å². The van der Waals surface area contributed by atoms with Crippen molar-refractivity contribution in [2.45, 2.75) is 19.4 Å². The zero-order valence-corrected chi connectivity index (χ0v) is 10.6. The van der Waals surface area contributed by atoms with E-state index in [2.05, 4.69) is 6.58 Å². The molecule has 17 heavy (non-hydrogen) atoms. The van der Waals surface area contributed by atoms with Crippen LogP contribution in [0.4, 0.5) is 4.79 Å². The summed E-state index contributed by atoms with van der Waals surface area (Å²) in [7, 11) is 0. The predicted molar refractivity (Wildman–Crippen MR) is 66.1 cm³/mol. The summed E-state index contributed by atoms with van der Waals surface area (Å²) >= 11 is 5.49. The maximum Gasteiger partial charge on any atom is 0.410 e. The second kappa shape index (κ2) is 6.45. The van der Waals surface area contributed by atoms with Crippen LogP contribution in [0.2, 0.25) is 0 Å². The predicted octanol–water partition coefficient (Wildman–Crippen LogP) is 2.14. The van der Waals surface area contributed by atoms with E-state index < -0.39 is 0 Å². The van der Waals surface area contributed by atoms with E-state index in [9.17, 15) is 9.59 Å². The smallest absolute Gasteiger partial charge is 0.410 e. The van der Waals surface area contributed by atoms with Gasteiger partial charge in [0.1, 0.15) is 6.61 Å². The largest absolute Gasteiger partial charge is 0.445 e. The van der Waals surface area contributed by atoms with E-state index in [4.69, 9.17) is 16.3 Å². The Hall–Kier alpha value is -1.29. The normalized spacial score (nSPS) is 19.5. The highest BCUT2D eigenvalue weighted by atomic mass is 35.5. The summed E-state index contributed by atoms with van der Waals surface area (Å²) in [6, 6.07) is -0.0560. The molecule has 4 nitrogen and oxygen atoms in total. The van der Waals surface area contributed by atoms with Crippen molar-refractivity contribution in [2.24, 2.45) is 0 Å². The molecule has 0 unspecified atom stereocenters. The standard InChI is InChI=1S/C12H16ClNO3/c1-3-6-17-12(16)14-5-4-10(7-9(14)2)11(15)8-13/h3-4,9H,1,5-8H2,2H3/t9-/m1/s1. The molecule has 0 fully saturated rings. The van der Waals surface area contributed by atoms with Crippen molar-refractivity contribution < 1.29 is 14.3 Å². The van der Waals surface area contributed by atoms with Gasteiger partial charge >= 0.3 is 6.09 Å². The maximum atomic E-state index is 11.6. The quantitative estimate of drug-likeness (QED) is 0.573. The molecule has 0 radical (unpaired) electrons. The minimum Gasteiger partial charge on any atom is -0.445 e. The molecule has 0 aromatic heterocycles. The molecule has 1 rings (SSSR count). The number of amides is 1. The Morgan fingerprint density at radius 3 is 2.94 bits per heavy atom. The Bertz CT molecular complexity index is 352. The Morgan fingerprint density at radius 2 is 2.41 bits per heavy atom. The first-order valence-corrected chi connectivity index (χ1v) is 5.96.